The fourth-order valence-electron chi connectivity index (χ4n) is 3.02. The van der Waals surface area contributed by atoms with Gasteiger partial charge in [0, 0.05) is 25.0 Å². The topological polar surface area (TPSA) is 15.6 Å². The van der Waals surface area contributed by atoms with Crippen molar-refractivity contribution in [1.29, 1.82) is 0 Å². The molecule has 0 aromatic heterocycles. The smallest absolute Gasteiger partial charge is 0.0630 e. The number of benzene rings is 2. The SMILES string of the molecule is CC(C)c1ccc(N=Cc2ccc(N3CCCCC3)cc2)cc1. The lowest BCUT2D eigenvalue weighted by atomic mass is 10.0. The average molecular weight is 306 g/mol. The molecule has 1 saturated heterocycles. The Hall–Kier alpha value is -2.09. The highest BCUT2D eigenvalue weighted by Crippen LogP contribution is 2.21. The molecule has 1 aliphatic rings. The predicted molar refractivity (Wildman–Crippen MR) is 100 cm³/mol. The summed E-state index contributed by atoms with van der Waals surface area (Å²) in [6, 6.07) is 17.3. The van der Waals surface area contributed by atoms with Crippen LogP contribution in [-0.2, 0) is 0 Å². The number of piperidine rings is 1. The van der Waals surface area contributed by atoms with E-state index in [4.69, 9.17) is 0 Å². The first-order chi connectivity index (χ1) is 11.2. The van der Waals surface area contributed by atoms with Crippen LogP contribution in [0.15, 0.2) is 53.5 Å². The fourth-order valence-corrected chi connectivity index (χ4v) is 3.02. The van der Waals surface area contributed by atoms with E-state index in [0.717, 1.165) is 11.3 Å². The van der Waals surface area contributed by atoms with Gasteiger partial charge in [-0.2, -0.15) is 0 Å². The molecule has 2 nitrogen and oxygen atoms in total. The van der Waals surface area contributed by atoms with Crippen molar-refractivity contribution in [2.45, 2.75) is 39.0 Å². The van der Waals surface area contributed by atoms with Crippen molar-refractivity contribution >= 4 is 17.6 Å². The number of aliphatic imine (C=N–C) groups is 1. The lowest BCUT2D eigenvalue weighted by Crippen LogP contribution is -2.29. The quantitative estimate of drug-likeness (QED) is 0.676. The molecule has 2 aromatic carbocycles. The summed E-state index contributed by atoms with van der Waals surface area (Å²) in [4.78, 5) is 7.06. The Morgan fingerprint density at radius 1 is 0.870 bits per heavy atom. The molecule has 0 bridgehead atoms. The van der Waals surface area contributed by atoms with Crippen molar-refractivity contribution in [2.24, 2.45) is 4.99 Å². The van der Waals surface area contributed by atoms with Gasteiger partial charge in [0.1, 0.15) is 0 Å². The van der Waals surface area contributed by atoms with Crippen molar-refractivity contribution in [3.05, 3.63) is 59.7 Å². The zero-order valence-corrected chi connectivity index (χ0v) is 14.2. The van der Waals surface area contributed by atoms with E-state index < -0.39 is 0 Å². The van der Waals surface area contributed by atoms with E-state index in [1.54, 1.807) is 0 Å². The van der Waals surface area contributed by atoms with Crippen LogP contribution < -0.4 is 4.90 Å². The van der Waals surface area contributed by atoms with Gasteiger partial charge >= 0.3 is 0 Å². The molecule has 2 heteroatoms. The second-order valence-electron chi connectivity index (χ2n) is 6.64. The summed E-state index contributed by atoms with van der Waals surface area (Å²) in [6.07, 6.45) is 5.95. The second-order valence-corrected chi connectivity index (χ2v) is 6.64. The summed E-state index contributed by atoms with van der Waals surface area (Å²) in [6.45, 7) is 6.80. The summed E-state index contributed by atoms with van der Waals surface area (Å²) in [5, 5.41) is 0. The molecule has 2 aromatic rings. The number of rotatable bonds is 4. The lowest BCUT2D eigenvalue weighted by Gasteiger charge is -2.28. The second kappa shape index (κ2) is 7.45. The van der Waals surface area contributed by atoms with Crippen LogP contribution in [0.3, 0.4) is 0 Å². The zero-order chi connectivity index (χ0) is 16.1. The molecule has 0 spiro atoms. The van der Waals surface area contributed by atoms with E-state index in [1.807, 2.05) is 6.21 Å². The highest BCUT2D eigenvalue weighted by atomic mass is 15.1. The molecule has 1 fully saturated rings. The molecule has 3 rings (SSSR count). The van der Waals surface area contributed by atoms with Crippen LogP contribution in [-0.4, -0.2) is 19.3 Å². The van der Waals surface area contributed by atoms with Gasteiger partial charge in [-0.15, -0.1) is 0 Å². The third kappa shape index (κ3) is 4.22. The van der Waals surface area contributed by atoms with Gasteiger partial charge in [-0.25, -0.2) is 0 Å². The number of anilines is 1. The van der Waals surface area contributed by atoms with E-state index in [1.165, 1.54) is 43.6 Å². The maximum absolute atomic E-state index is 4.58. The van der Waals surface area contributed by atoms with E-state index in [9.17, 15) is 0 Å². The van der Waals surface area contributed by atoms with Gasteiger partial charge in [-0.05, 0) is 60.6 Å². The number of nitrogens with zero attached hydrogens (tertiary/aromatic N) is 2. The molecule has 0 N–H and O–H groups in total. The molecule has 0 saturated carbocycles. The number of hydrogen-bond acceptors (Lipinski definition) is 2. The highest BCUT2D eigenvalue weighted by molar-refractivity contribution is 5.82. The Balaban J connectivity index is 1.65. The first-order valence-electron chi connectivity index (χ1n) is 8.71. The Morgan fingerprint density at radius 3 is 2.13 bits per heavy atom. The molecule has 0 atom stereocenters. The summed E-state index contributed by atoms with van der Waals surface area (Å²) in [5.41, 5.74) is 4.85. The molecule has 1 heterocycles. The first-order valence-corrected chi connectivity index (χ1v) is 8.71. The maximum Gasteiger partial charge on any atom is 0.0630 e. The van der Waals surface area contributed by atoms with Crippen LogP contribution in [0.25, 0.3) is 0 Å². The fraction of sp³-hybridized carbons (Fsp3) is 0.381. The van der Waals surface area contributed by atoms with Crippen molar-refractivity contribution in [3.63, 3.8) is 0 Å². The van der Waals surface area contributed by atoms with Crippen LogP contribution in [0, 0.1) is 0 Å². The lowest BCUT2D eigenvalue weighted by molar-refractivity contribution is 0.578. The molecule has 120 valence electrons. The molecule has 1 aliphatic heterocycles. The standard InChI is InChI=1S/C21H26N2/c1-17(2)19-8-10-20(11-9-19)22-16-18-6-12-21(13-7-18)23-14-4-3-5-15-23/h6-13,16-17H,3-5,14-15H2,1-2H3. The molecule has 0 amide bonds. The molecule has 23 heavy (non-hydrogen) atoms. The van der Waals surface area contributed by atoms with E-state index >= 15 is 0 Å². The number of hydrogen-bond donors (Lipinski definition) is 0. The van der Waals surface area contributed by atoms with Gasteiger partial charge in [-0.1, -0.05) is 38.1 Å². The van der Waals surface area contributed by atoms with Gasteiger partial charge in [0.05, 0.1) is 5.69 Å². The van der Waals surface area contributed by atoms with E-state index in [-0.39, 0.29) is 0 Å². The molecular weight excluding hydrogens is 280 g/mol. The zero-order valence-electron chi connectivity index (χ0n) is 14.2. The third-order valence-corrected chi connectivity index (χ3v) is 4.54. The van der Waals surface area contributed by atoms with Gasteiger partial charge in [0.2, 0.25) is 0 Å². The maximum atomic E-state index is 4.58. The Morgan fingerprint density at radius 2 is 1.52 bits per heavy atom. The minimum absolute atomic E-state index is 0.565. The minimum Gasteiger partial charge on any atom is -0.372 e. The molecule has 0 radical (unpaired) electrons. The normalized spacial score (nSPS) is 15.5. The van der Waals surface area contributed by atoms with Crippen molar-refractivity contribution in [2.75, 3.05) is 18.0 Å². The Bertz CT molecular complexity index is 633. The van der Waals surface area contributed by atoms with Crippen LogP contribution in [0.5, 0.6) is 0 Å². The average Bonchev–Trinajstić information content (AvgIpc) is 2.61. The summed E-state index contributed by atoms with van der Waals surface area (Å²) in [7, 11) is 0. The summed E-state index contributed by atoms with van der Waals surface area (Å²) < 4.78 is 0. The van der Waals surface area contributed by atoms with E-state index in [0.29, 0.717) is 5.92 Å². The molecular formula is C21H26N2. The minimum atomic E-state index is 0.565. The summed E-state index contributed by atoms with van der Waals surface area (Å²) >= 11 is 0. The van der Waals surface area contributed by atoms with Crippen LogP contribution in [0.4, 0.5) is 11.4 Å². The highest BCUT2D eigenvalue weighted by Gasteiger charge is 2.10. The Labute approximate surface area is 139 Å². The Kier molecular flexibility index (Phi) is 5.12. The van der Waals surface area contributed by atoms with Gasteiger partial charge < -0.3 is 4.90 Å². The monoisotopic (exact) mass is 306 g/mol. The molecule has 0 unspecified atom stereocenters. The van der Waals surface area contributed by atoms with Gasteiger partial charge in [-0.3, -0.25) is 4.99 Å². The van der Waals surface area contributed by atoms with Crippen LogP contribution in [0.2, 0.25) is 0 Å². The largest absolute Gasteiger partial charge is 0.372 e. The predicted octanol–water partition coefficient (Wildman–Crippen LogP) is 5.55. The van der Waals surface area contributed by atoms with Crippen molar-refractivity contribution < 1.29 is 0 Å². The van der Waals surface area contributed by atoms with Crippen LogP contribution >= 0.6 is 0 Å². The first kappa shape index (κ1) is 15.8. The van der Waals surface area contributed by atoms with Crippen molar-refractivity contribution in [1.82, 2.24) is 0 Å². The van der Waals surface area contributed by atoms with E-state index in [2.05, 4.69) is 72.3 Å². The third-order valence-electron chi connectivity index (χ3n) is 4.54. The summed E-state index contributed by atoms with van der Waals surface area (Å²) in [5.74, 6) is 0.565. The van der Waals surface area contributed by atoms with Gasteiger partial charge in [0.15, 0.2) is 0 Å². The van der Waals surface area contributed by atoms with Gasteiger partial charge in [0.25, 0.3) is 0 Å². The van der Waals surface area contributed by atoms with Crippen LogP contribution in [0.1, 0.15) is 50.2 Å². The van der Waals surface area contributed by atoms with Crippen molar-refractivity contribution in [3.8, 4) is 0 Å². The molecule has 0 aliphatic carbocycles.